The van der Waals surface area contributed by atoms with Gasteiger partial charge in [-0.15, -0.1) is 10.2 Å². The lowest BCUT2D eigenvalue weighted by molar-refractivity contribution is 0.102. The number of hydrogen-bond acceptors (Lipinski definition) is 5. The zero-order valence-electron chi connectivity index (χ0n) is 15.8. The Morgan fingerprint density at radius 3 is 2.46 bits per heavy atom. The smallest absolute Gasteiger partial charge is 0.258 e. The Bertz CT molecular complexity index is 1140. The Labute approximate surface area is 162 Å². The zero-order chi connectivity index (χ0) is 19.7. The van der Waals surface area contributed by atoms with Crippen molar-refractivity contribution in [1.82, 2.24) is 10.2 Å². The quantitative estimate of drug-likeness (QED) is 0.533. The Morgan fingerprint density at radius 1 is 0.929 bits per heavy atom. The van der Waals surface area contributed by atoms with Gasteiger partial charge in [0, 0.05) is 18.2 Å². The summed E-state index contributed by atoms with van der Waals surface area (Å²) < 4.78 is 10.5. The number of carbonyl (C=O) groups excluding carboxylic acids is 1. The first kappa shape index (κ1) is 17.7. The predicted molar refractivity (Wildman–Crippen MR) is 106 cm³/mol. The van der Waals surface area contributed by atoms with E-state index >= 15 is 0 Å². The molecule has 0 saturated carbocycles. The number of benzene rings is 2. The molecule has 4 rings (SSSR count). The maximum Gasteiger partial charge on any atom is 0.258 e. The molecular formula is C22H19N3O3. The molecule has 1 amide bonds. The highest BCUT2D eigenvalue weighted by Gasteiger charge is 2.13. The summed E-state index contributed by atoms with van der Waals surface area (Å²) in [6, 6.07) is 13.5. The van der Waals surface area contributed by atoms with Crippen LogP contribution in [0.3, 0.4) is 0 Å². The third-order valence-corrected chi connectivity index (χ3v) is 4.57. The van der Waals surface area contributed by atoms with Gasteiger partial charge in [0.25, 0.3) is 5.91 Å². The van der Waals surface area contributed by atoms with Crippen LogP contribution >= 0.6 is 0 Å². The Kier molecular flexibility index (Phi) is 4.53. The number of amides is 1. The van der Waals surface area contributed by atoms with E-state index in [0.29, 0.717) is 17.3 Å². The highest BCUT2D eigenvalue weighted by molar-refractivity contribution is 6.04. The molecule has 28 heavy (non-hydrogen) atoms. The minimum atomic E-state index is -0.206. The summed E-state index contributed by atoms with van der Waals surface area (Å²) in [6.07, 6.45) is 2.90. The van der Waals surface area contributed by atoms with Crippen LogP contribution in [0.15, 0.2) is 63.8 Å². The van der Waals surface area contributed by atoms with Gasteiger partial charge in [-0.05, 0) is 66.4 Å². The van der Waals surface area contributed by atoms with Gasteiger partial charge >= 0.3 is 0 Å². The van der Waals surface area contributed by atoms with Gasteiger partial charge in [-0.25, -0.2) is 0 Å². The van der Waals surface area contributed by atoms with Gasteiger partial charge in [-0.2, -0.15) is 0 Å². The van der Waals surface area contributed by atoms with E-state index in [0.717, 1.165) is 33.5 Å². The first-order valence-electron chi connectivity index (χ1n) is 8.87. The van der Waals surface area contributed by atoms with E-state index in [1.807, 2.05) is 50.2 Å². The van der Waals surface area contributed by atoms with Gasteiger partial charge in [0.1, 0.15) is 6.26 Å². The van der Waals surface area contributed by atoms with Crippen LogP contribution in [-0.4, -0.2) is 16.1 Å². The van der Waals surface area contributed by atoms with Crippen molar-refractivity contribution in [2.45, 2.75) is 20.8 Å². The first-order chi connectivity index (χ1) is 13.5. The number of furan rings is 1. The summed E-state index contributed by atoms with van der Waals surface area (Å²) in [7, 11) is 0. The summed E-state index contributed by atoms with van der Waals surface area (Å²) in [5, 5.41) is 10.9. The lowest BCUT2D eigenvalue weighted by atomic mass is 9.94. The molecule has 0 radical (unpaired) electrons. The van der Waals surface area contributed by atoms with Crippen LogP contribution in [0, 0.1) is 20.8 Å². The molecule has 0 unspecified atom stereocenters. The second kappa shape index (κ2) is 7.15. The Balaban J connectivity index is 1.66. The van der Waals surface area contributed by atoms with Gasteiger partial charge < -0.3 is 14.2 Å². The Hall–Kier alpha value is -3.67. The molecule has 0 bridgehead atoms. The van der Waals surface area contributed by atoms with Crippen molar-refractivity contribution in [3.63, 3.8) is 0 Å². The van der Waals surface area contributed by atoms with Crippen molar-refractivity contribution in [1.29, 1.82) is 0 Å². The zero-order valence-corrected chi connectivity index (χ0v) is 15.8. The van der Waals surface area contributed by atoms with Gasteiger partial charge in [0.05, 0.1) is 11.8 Å². The average molecular weight is 373 g/mol. The standard InChI is InChI=1S/C22H19N3O3/c1-13-4-6-18(23-21(26)17-8-9-27-12-17)11-20(13)19-7-5-16(10-14(19)2)22-25-24-15(3)28-22/h4-12H,1-3H3,(H,23,26). The Morgan fingerprint density at radius 2 is 1.79 bits per heavy atom. The molecule has 140 valence electrons. The van der Waals surface area contributed by atoms with Gasteiger partial charge in [0.15, 0.2) is 0 Å². The van der Waals surface area contributed by atoms with E-state index in [9.17, 15) is 4.79 Å². The number of hydrogen-bond donors (Lipinski definition) is 1. The molecule has 0 aliphatic carbocycles. The third-order valence-electron chi connectivity index (χ3n) is 4.57. The fourth-order valence-electron chi connectivity index (χ4n) is 3.10. The molecular weight excluding hydrogens is 354 g/mol. The van der Waals surface area contributed by atoms with E-state index in [1.165, 1.54) is 12.5 Å². The molecule has 2 heterocycles. The van der Waals surface area contributed by atoms with E-state index in [4.69, 9.17) is 8.83 Å². The molecule has 2 aromatic carbocycles. The number of rotatable bonds is 4. The number of anilines is 1. The van der Waals surface area contributed by atoms with Crippen LogP contribution in [0.1, 0.15) is 27.4 Å². The fraction of sp³-hybridized carbons (Fsp3) is 0.136. The molecule has 4 aromatic rings. The molecule has 2 aromatic heterocycles. The maximum atomic E-state index is 12.3. The van der Waals surface area contributed by atoms with Crippen LogP contribution in [-0.2, 0) is 0 Å². The summed E-state index contributed by atoms with van der Waals surface area (Å²) in [6.45, 7) is 5.86. The number of carbonyl (C=O) groups is 1. The van der Waals surface area contributed by atoms with Crippen LogP contribution < -0.4 is 5.32 Å². The molecule has 6 nitrogen and oxygen atoms in total. The molecule has 0 saturated heterocycles. The van der Waals surface area contributed by atoms with E-state index in [-0.39, 0.29) is 5.91 Å². The van der Waals surface area contributed by atoms with Crippen molar-refractivity contribution in [3.8, 4) is 22.6 Å². The van der Waals surface area contributed by atoms with Crippen molar-refractivity contribution in [2.24, 2.45) is 0 Å². The molecule has 6 heteroatoms. The van der Waals surface area contributed by atoms with Crippen LogP contribution in [0.4, 0.5) is 5.69 Å². The minimum absolute atomic E-state index is 0.206. The van der Waals surface area contributed by atoms with E-state index in [1.54, 1.807) is 13.0 Å². The third kappa shape index (κ3) is 3.44. The lowest BCUT2D eigenvalue weighted by Crippen LogP contribution is -2.10. The van der Waals surface area contributed by atoms with Crippen molar-refractivity contribution in [2.75, 3.05) is 5.32 Å². The summed E-state index contributed by atoms with van der Waals surface area (Å²) in [5.74, 6) is 0.834. The van der Waals surface area contributed by atoms with Crippen molar-refractivity contribution in [3.05, 3.63) is 77.6 Å². The maximum absolute atomic E-state index is 12.3. The first-order valence-corrected chi connectivity index (χ1v) is 8.87. The summed E-state index contributed by atoms with van der Waals surface area (Å²) >= 11 is 0. The second-order valence-electron chi connectivity index (χ2n) is 6.65. The lowest BCUT2D eigenvalue weighted by Gasteiger charge is -2.13. The number of aromatic nitrogens is 2. The fourth-order valence-corrected chi connectivity index (χ4v) is 3.10. The van der Waals surface area contributed by atoms with E-state index < -0.39 is 0 Å². The van der Waals surface area contributed by atoms with Gasteiger partial charge in [-0.1, -0.05) is 12.1 Å². The normalized spacial score (nSPS) is 10.8. The molecule has 0 spiro atoms. The molecule has 1 N–H and O–H groups in total. The van der Waals surface area contributed by atoms with Crippen molar-refractivity contribution < 1.29 is 13.6 Å². The summed E-state index contributed by atoms with van der Waals surface area (Å²) in [5.41, 5.74) is 6.41. The highest BCUT2D eigenvalue weighted by Crippen LogP contribution is 2.32. The minimum Gasteiger partial charge on any atom is -0.472 e. The van der Waals surface area contributed by atoms with Crippen LogP contribution in [0.2, 0.25) is 0 Å². The number of nitrogens with zero attached hydrogens (tertiary/aromatic N) is 2. The van der Waals surface area contributed by atoms with Gasteiger partial charge in [0.2, 0.25) is 11.8 Å². The van der Waals surface area contributed by atoms with Crippen LogP contribution in [0.5, 0.6) is 0 Å². The highest BCUT2D eigenvalue weighted by atomic mass is 16.4. The number of nitrogens with one attached hydrogen (secondary N) is 1. The molecule has 0 aliphatic rings. The summed E-state index contributed by atoms with van der Waals surface area (Å²) in [4.78, 5) is 12.3. The van der Waals surface area contributed by atoms with Crippen LogP contribution in [0.25, 0.3) is 22.6 Å². The average Bonchev–Trinajstić information content (AvgIpc) is 3.35. The van der Waals surface area contributed by atoms with E-state index in [2.05, 4.69) is 15.5 Å². The largest absolute Gasteiger partial charge is 0.472 e. The molecule has 0 fully saturated rings. The monoisotopic (exact) mass is 373 g/mol. The van der Waals surface area contributed by atoms with Crippen molar-refractivity contribution >= 4 is 11.6 Å². The number of aryl methyl sites for hydroxylation is 3. The predicted octanol–water partition coefficient (Wildman–Crippen LogP) is 5.17. The topological polar surface area (TPSA) is 81.2 Å². The SMILES string of the molecule is Cc1nnc(-c2ccc(-c3cc(NC(=O)c4ccoc4)ccc3C)c(C)c2)o1. The molecule has 0 aliphatic heterocycles. The van der Waals surface area contributed by atoms with Gasteiger partial charge in [-0.3, -0.25) is 4.79 Å². The molecule has 0 atom stereocenters. The second-order valence-corrected chi connectivity index (χ2v) is 6.65.